The van der Waals surface area contributed by atoms with Gasteiger partial charge in [0.2, 0.25) is 5.43 Å². The molecule has 1 aromatic rings. The van der Waals surface area contributed by atoms with Crippen LogP contribution in [-0.2, 0) is 6.54 Å². The lowest BCUT2D eigenvalue weighted by Crippen LogP contribution is -2.46. The topological polar surface area (TPSA) is 62.6 Å². The molecule has 0 saturated carbocycles. The van der Waals surface area contributed by atoms with E-state index in [1.165, 1.54) is 0 Å². The Morgan fingerprint density at radius 2 is 1.53 bits per heavy atom. The standard InChI is InChI=1S/C24H37N3O3/c1-4-19-11-7-10-14-27(19)24(30)21-17-25(15-18(2)3)16-20(22(21)28)23(29)26-12-8-5-6-9-13-26/h16-19H,4-15H2,1-3H3/t19-/m0/s1. The van der Waals surface area contributed by atoms with E-state index in [-0.39, 0.29) is 29.0 Å². The average molecular weight is 416 g/mol. The minimum absolute atomic E-state index is 0.147. The van der Waals surface area contributed by atoms with Gasteiger partial charge in [-0.05, 0) is 44.4 Å². The fraction of sp³-hybridized carbons (Fsp3) is 0.708. The summed E-state index contributed by atoms with van der Waals surface area (Å²) in [6.45, 7) is 8.99. The van der Waals surface area contributed by atoms with E-state index in [1.54, 1.807) is 17.3 Å². The number of rotatable bonds is 5. The molecule has 0 aliphatic carbocycles. The van der Waals surface area contributed by atoms with E-state index in [0.717, 1.165) is 51.4 Å². The number of carbonyl (C=O) groups is 2. The molecule has 2 fully saturated rings. The van der Waals surface area contributed by atoms with Crippen LogP contribution in [0.25, 0.3) is 0 Å². The summed E-state index contributed by atoms with van der Waals surface area (Å²) < 4.78 is 1.87. The van der Waals surface area contributed by atoms with Crippen molar-refractivity contribution in [3.05, 3.63) is 33.7 Å². The van der Waals surface area contributed by atoms with Crippen LogP contribution in [0.2, 0.25) is 0 Å². The Hall–Kier alpha value is -2.11. The van der Waals surface area contributed by atoms with Crippen molar-refractivity contribution in [2.45, 2.75) is 84.7 Å². The van der Waals surface area contributed by atoms with Crippen molar-refractivity contribution in [3.63, 3.8) is 0 Å². The quantitative estimate of drug-likeness (QED) is 0.732. The second kappa shape index (κ2) is 10.3. The van der Waals surface area contributed by atoms with Crippen LogP contribution in [0.4, 0.5) is 0 Å². The third kappa shape index (κ3) is 5.13. The average Bonchev–Trinajstić information content (AvgIpc) is 3.03. The molecule has 30 heavy (non-hydrogen) atoms. The molecule has 0 unspecified atom stereocenters. The SMILES string of the molecule is CC[C@H]1CCCCN1C(=O)c1cn(CC(C)C)cc(C(=O)N2CCCCCC2)c1=O. The normalized spacial score (nSPS) is 20.3. The molecule has 2 amide bonds. The van der Waals surface area contributed by atoms with Crippen molar-refractivity contribution < 1.29 is 9.59 Å². The number of hydrogen-bond acceptors (Lipinski definition) is 3. The van der Waals surface area contributed by atoms with Crippen molar-refractivity contribution in [1.29, 1.82) is 0 Å². The van der Waals surface area contributed by atoms with E-state index >= 15 is 0 Å². The Morgan fingerprint density at radius 3 is 2.13 bits per heavy atom. The lowest BCUT2D eigenvalue weighted by atomic mass is 9.98. The van der Waals surface area contributed by atoms with Gasteiger partial charge in [0, 0.05) is 44.6 Å². The first-order valence-corrected chi connectivity index (χ1v) is 11.8. The predicted molar refractivity (Wildman–Crippen MR) is 119 cm³/mol. The summed E-state index contributed by atoms with van der Waals surface area (Å²) in [6, 6.07) is 0.175. The molecule has 1 atom stereocenters. The number of carbonyl (C=O) groups excluding carboxylic acids is 2. The van der Waals surface area contributed by atoms with Crippen molar-refractivity contribution in [3.8, 4) is 0 Å². The number of aromatic nitrogens is 1. The summed E-state index contributed by atoms with van der Waals surface area (Å²) in [7, 11) is 0. The molecule has 3 rings (SSSR count). The molecule has 2 aliphatic heterocycles. The van der Waals surface area contributed by atoms with E-state index in [4.69, 9.17) is 0 Å². The maximum Gasteiger partial charge on any atom is 0.259 e. The summed E-state index contributed by atoms with van der Waals surface area (Å²) >= 11 is 0. The van der Waals surface area contributed by atoms with Gasteiger partial charge in [0.25, 0.3) is 11.8 Å². The fourth-order valence-electron chi connectivity index (χ4n) is 4.75. The van der Waals surface area contributed by atoms with Gasteiger partial charge in [-0.2, -0.15) is 0 Å². The van der Waals surface area contributed by atoms with Gasteiger partial charge in [-0.1, -0.05) is 33.6 Å². The van der Waals surface area contributed by atoms with E-state index in [0.29, 0.717) is 32.1 Å². The molecule has 0 radical (unpaired) electrons. The smallest absolute Gasteiger partial charge is 0.259 e. The van der Waals surface area contributed by atoms with Crippen LogP contribution in [0.5, 0.6) is 0 Å². The number of amides is 2. The highest BCUT2D eigenvalue weighted by Crippen LogP contribution is 2.21. The second-order valence-corrected chi connectivity index (χ2v) is 9.27. The third-order valence-electron chi connectivity index (χ3n) is 6.37. The first-order valence-electron chi connectivity index (χ1n) is 11.8. The Balaban J connectivity index is 1.99. The molecule has 0 aromatic carbocycles. The molecule has 2 aliphatic rings. The van der Waals surface area contributed by atoms with Crippen LogP contribution in [0.3, 0.4) is 0 Å². The number of pyridine rings is 1. The van der Waals surface area contributed by atoms with Gasteiger partial charge in [-0.25, -0.2) is 0 Å². The van der Waals surface area contributed by atoms with Gasteiger partial charge >= 0.3 is 0 Å². The Bertz CT molecular complexity index is 806. The van der Waals surface area contributed by atoms with Crippen molar-refractivity contribution in [1.82, 2.24) is 14.4 Å². The van der Waals surface area contributed by atoms with Crippen LogP contribution in [-0.4, -0.2) is 51.9 Å². The number of piperidine rings is 1. The Kier molecular flexibility index (Phi) is 7.73. The third-order valence-corrected chi connectivity index (χ3v) is 6.37. The second-order valence-electron chi connectivity index (χ2n) is 9.27. The Labute approximate surface area is 180 Å². The molecule has 6 heteroatoms. The van der Waals surface area contributed by atoms with Crippen LogP contribution >= 0.6 is 0 Å². The van der Waals surface area contributed by atoms with Gasteiger partial charge < -0.3 is 14.4 Å². The maximum atomic E-state index is 13.4. The largest absolute Gasteiger partial charge is 0.352 e. The molecular weight excluding hydrogens is 378 g/mol. The van der Waals surface area contributed by atoms with E-state index in [1.807, 2.05) is 9.47 Å². The zero-order valence-electron chi connectivity index (χ0n) is 18.9. The van der Waals surface area contributed by atoms with Crippen molar-refractivity contribution in [2.24, 2.45) is 5.92 Å². The number of hydrogen-bond donors (Lipinski definition) is 0. The van der Waals surface area contributed by atoms with Gasteiger partial charge in [0.15, 0.2) is 0 Å². The lowest BCUT2D eigenvalue weighted by molar-refractivity contribution is 0.0605. The summed E-state index contributed by atoms with van der Waals surface area (Å²) in [4.78, 5) is 43.7. The summed E-state index contributed by atoms with van der Waals surface area (Å²) in [5, 5.41) is 0. The fourth-order valence-corrected chi connectivity index (χ4v) is 4.75. The van der Waals surface area contributed by atoms with Crippen molar-refractivity contribution in [2.75, 3.05) is 19.6 Å². The van der Waals surface area contributed by atoms with Crippen LogP contribution in [0, 0.1) is 5.92 Å². The Morgan fingerprint density at radius 1 is 0.933 bits per heavy atom. The van der Waals surface area contributed by atoms with E-state index in [9.17, 15) is 14.4 Å². The molecule has 166 valence electrons. The molecule has 0 bridgehead atoms. The van der Waals surface area contributed by atoms with Gasteiger partial charge in [-0.3, -0.25) is 14.4 Å². The van der Waals surface area contributed by atoms with Crippen molar-refractivity contribution >= 4 is 11.8 Å². The summed E-state index contributed by atoms with van der Waals surface area (Å²) in [5.74, 6) is -0.0933. The van der Waals surface area contributed by atoms with Gasteiger partial charge in [0.1, 0.15) is 11.1 Å². The first kappa shape index (κ1) is 22.6. The molecule has 0 N–H and O–H groups in total. The maximum absolute atomic E-state index is 13.4. The van der Waals surface area contributed by atoms with Crippen LogP contribution < -0.4 is 5.43 Å². The molecule has 3 heterocycles. The molecule has 0 spiro atoms. The lowest BCUT2D eigenvalue weighted by Gasteiger charge is -2.35. The predicted octanol–water partition coefficient (Wildman–Crippen LogP) is 3.93. The van der Waals surface area contributed by atoms with E-state index in [2.05, 4.69) is 20.8 Å². The van der Waals surface area contributed by atoms with Crippen LogP contribution in [0.15, 0.2) is 17.2 Å². The summed E-state index contributed by atoms with van der Waals surface area (Å²) in [6.07, 6.45) is 11.5. The van der Waals surface area contributed by atoms with Gasteiger partial charge in [-0.15, -0.1) is 0 Å². The molecular formula is C24H37N3O3. The highest BCUT2D eigenvalue weighted by molar-refractivity contribution is 5.99. The minimum Gasteiger partial charge on any atom is -0.352 e. The van der Waals surface area contributed by atoms with Crippen LogP contribution in [0.1, 0.15) is 92.9 Å². The number of likely N-dealkylation sites (tertiary alicyclic amines) is 2. The molecule has 1 aromatic heterocycles. The summed E-state index contributed by atoms with van der Waals surface area (Å²) in [5.41, 5.74) is -0.111. The zero-order chi connectivity index (χ0) is 21.7. The minimum atomic E-state index is -0.408. The molecule has 2 saturated heterocycles. The van der Waals surface area contributed by atoms with E-state index < -0.39 is 5.43 Å². The zero-order valence-corrected chi connectivity index (χ0v) is 18.9. The highest BCUT2D eigenvalue weighted by Gasteiger charge is 2.30. The number of nitrogens with zero attached hydrogens (tertiary/aromatic N) is 3. The monoisotopic (exact) mass is 415 g/mol. The first-order chi connectivity index (χ1) is 14.4. The molecule has 6 nitrogen and oxygen atoms in total. The highest BCUT2D eigenvalue weighted by atomic mass is 16.2. The van der Waals surface area contributed by atoms with Gasteiger partial charge in [0.05, 0.1) is 0 Å².